The van der Waals surface area contributed by atoms with Crippen LogP contribution >= 0.6 is 12.4 Å². The van der Waals surface area contributed by atoms with Crippen molar-refractivity contribution in [3.05, 3.63) is 23.3 Å². The summed E-state index contributed by atoms with van der Waals surface area (Å²) >= 11 is 0. The Morgan fingerprint density at radius 3 is 2.11 bits per heavy atom. The first-order valence-corrected chi connectivity index (χ1v) is 6.53. The van der Waals surface area contributed by atoms with Crippen molar-refractivity contribution in [2.24, 2.45) is 5.73 Å². The smallest absolute Gasteiger partial charge is 0.122 e. The maximum atomic E-state index is 5.87. The van der Waals surface area contributed by atoms with Crippen molar-refractivity contribution in [3.63, 3.8) is 0 Å². The molecular formula is C15H26ClNO2. The van der Waals surface area contributed by atoms with E-state index in [2.05, 4.69) is 26.0 Å². The molecule has 110 valence electrons. The molecule has 0 amide bonds. The Morgan fingerprint density at radius 1 is 1.11 bits per heavy atom. The van der Waals surface area contributed by atoms with Crippen molar-refractivity contribution in [3.8, 4) is 11.5 Å². The number of hydrogen-bond acceptors (Lipinski definition) is 3. The van der Waals surface area contributed by atoms with E-state index < -0.39 is 0 Å². The maximum absolute atomic E-state index is 5.87. The summed E-state index contributed by atoms with van der Waals surface area (Å²) in [4.78, 5) is 0. The van der Waals surface area contributed by atoms with E-state index in [1.165, 1.54) is 5.56 Å². The average molecular weight is 288 g/mol. The van der Waals surface area contributed by atoms with Crippen LogP contribution in [0.4, 0.5) is 0 Å². The zero-order valence-electron chi connectivity index (χ0n) is 12.5. The van der Waals surface area contributed by atoms with Crippen LogP contribution in [-0.4, -0.2) is 20.3 Å². The molecule has 2 atom stereocenters. The van der Waals surface area contributed by atoms with Crippen molar-refractivity contribution in [2.45, 2.75) is 45.6 Å². The van der Waals surface area contributed by atoms with Gasteiger partial charge in [0.1, 0.15) is 11.5 Å². The number of benzene rings is 1. The molecule has 0 fully saturated rings. The van der Waals surface area contributed by atoms with E-state index in [1.54, 1.807) is 14.2 Å². The van der Waals surface area contributed by atoms with Crippen LogP contribution in [0.2, 0.25) is 0 Å². The molecule has 0 aliphatic carbocycles. The Morgan fingerprint density at radius 2 is 1.68 bits per heavy atom. The first-order valence-electron chi connectivity index (χ1n) is 6.53. The predicted octanol–water partition coefficient (Wildman–Crippen LogP) is 3.53. The van der Waals surface area contributed by atoms with Crippen LogP contribution in [0.15, 0.2) is 12.1 Å². The summed E-state index contributed by atoms with van der Waals surface area (Å²) < 4.78 is 11.0. The van der Waals surface area contributed by atoms with Gasteiger partial charge >= 0.3 is 0 Å². The van der Waals surface area contributed by atoms with Crippen LogP contribution in [0, 0.1) is 0 Å². The quantitative estimate of drug-likeness (QED) is 0.870. The van der Waals surface area contributed by atoms with Crippen molar-refractivity contribution < 1.29 is 9.47 Å². The van der Waals surface area contributed by atoms with Crippen LogP contribution in [0.25, 0.3) is 0 Å². The van der Waals surface area contributed by atoms with E-state index in [9.17, 15) is 0 Å². The fourth-order valence-corrected chi connectivity index (χ4v) is 2.10. The summed E-state index contributed by atoms with van der Waals surface area (Å²) in [6.07, 6.45) is 1.87. The maximum Gasteiger partial charge on any atom is 0.122 e. The van der Waals surface area contributed by atoms with Crippen LogP contribution in [0.5, 0.6) is 11.5 Å². The monoisotopic (exact) mass is 287 g/mol. The largest absolute Gasteiger partial charge is 0.496 e. The number of halogens is 1. The molecule has 0 aliphatic rings. The summed E-state index contributed by atoms with van der Waals surface area (Å²) in [5, 5.41) is 0. The fourth-order valence-electron chi connectivity index (χ4n) is 2.10. The number of hydrogen-bond donors (Lipinski definition) is 1. The minimum absolute atomic E-state index is 0. The Labute approximate surface area is 122 Å². The first kappa shape index (κ1) is 18.1. The standard InChI is InChI=1S/C15H25NO2.ClH/c1-6-10(2)13-9-14(17-4)12(7-11(3)16)8-15(13)18-5;/h8-11H,6-7,16H2,1-5H3;1H. The SMILES string of the molecule is CCC(C)c1cc(OC)c(CC(C)N)cc1OC.Cl. The van der Waals surface area contributed by atoms with E-state index in [0.717, 1.165) is 29.9 Å². The third-order valence-corrected chi connectivity index (χ3v) is 3.32. The van der Waals surface area contributed by atoms with Crippen LogP contribution < -0.4 is 15.2 Å². The zero-order valence-corrected chi connectivity index (χ0v) is 13.3. The fraction of sp³-hybridized carbons (Fsp3) is 0.600. The minimum Gasteiger partial charge on any atom is -0.496 e. The Bertz CT molecular complexity index is 394. The lowest BCUT2D eigenvalue weighted by molar-refractivity contribution is 0.391. The first-order chi connectivity index (χ1) is 8.53. The number of methoxy groups -OCH3 is 2. The molecule has 1 aromatic rings. The lowest BCUT2D eigenvalue weighted by Crippen LogP contribution is -2.18. The van der Waals surface area contributed by atoms with Gasteiger partial charge in [-0.2, -0.15) is 0 Å². The molecule has 0 bridgehead atoms. The third-order valence-electron chi connectivity index (χ3n) is 3.32. The average Bonchev–Trinajstić information content (AvgIpc) is 2.36. The molecule has 2 N–H and O–H groups in total. The molecule has 0 radical (unpaired) electrons. The van der Waals surface area contributed by atoms with Gasteiger partial charge in [0.05, 0.1) is 14.2 Å². The van der Waals surface area contributed by atoms with Gasteiger partial charge in [-0.1, -0.05) is 13.8 Å². The lowest BCUT2D eigenvalue weighted by atomic mass is 9.94. The number of rotatable bonds is 6. The summed E-state index contributed by atoms with van der Waals surface area (Å²) in [5.74, 6) is 2.29. The van der Waals surface area contributed by atoms with Gasteiger partial charge in [0, 0.05) is 11.6 Å². The van der Waals surface area contributed by atoms with E-state index in [1.807, 2.05) is 6.92 Å². The molecule has 0 aliphatic heterocycles. The van der Waals surface area contributed by atoms with Crippen molar-refractivity contribution in [1.82, 2.24) is 0 Å². The highest BCUT2D eigenvalue weighted by Crippen LogP contribution is 2.35. The van der Waals surface area contributed by atoms with Gasteiger partial charge in [0.15, 0.2) is 0 Å². The highest BCUT2D eigenvalue weighted by molar-refractivity contribution is 5.85. The molecule has 0 aromatic heterocycles. The van der Waals surface area contributed by atoms with Gasteiger partial charge < -0.3 is 15.2 Å². The summed E-state index contributed by atoms with van der Waals surface area (Å²) in [6.45, 7) is 6.36. The number of nitrogens with two attached hydrogens (primary N) is 1. The second kappa shape index (κ2) is 8.28. The third kappa shape index (κ3) is 4.59. The van der Waals surface area contributed by atoms with Gasteiger partial charge in [-0.15, -0.1) is 12.4 Å². The highest BCUT2D eigenvalue weighted by atomic mass is 35.5. The molecular weight excluding hydrogens is 262 g/mol. The lowest BCUT2D eigenvalue weighted by Gasteiger charge is -2.19. The topological polar surface area (TPSA) is 44.5 Å². The van der Waals surface area contributed by atoms with Gasteiger partial charge in [0.25, 0.3) is 0 Å². The van der Waals surface area contributed by atoms with E-state index in [4.69, 9.17) is 15.2 Å². The molecule has 0 heterocycles. The Kier molecular flexibility index (Phi) is 7.88. The molecule has 0 spiro atoms. The molecule has 2 unspecified atom stereocenters. The van der Waals surface area contributed by atoms with Crippen molar-refractivity contribution >= 4 is 12.4 Å². The Balaban J connectivity index is 0.00000324. The van der Waals surface area contributed by atoms with Gasteiger partial charge in [-0.3, -0.25) is 0 Å². The van der Waals surface area contributed by atoms with Crippen molar-refractivity contribution in [1.29, 1.82) is 0 Å². The molecule has 3 nitrogen and oxygen atoms in total. The van der Waals surface area contributed by atoms with E-state index in [-0.39, 0.29) is 18.4 Å². The second-order valence-corrected chi connectivity index (χ2v) is 4.90. The summed E-state index contributed by atoms with van der Waals surface area (Å²) in [7, 11) is 3.41. The van der Waals surface area contributed by atoms with E-state index in [0.29, 0.717) is 5.92 Å². The van der Waals surface area contributed by atoms with Crippen LogP contribution in [0.3, 0.4) is 0 Å². The van der Waals surface area contributed by atoms with Gasteiger partial charge in [-0.25, -0.2) is 0 Å². The zero-order chi connectivity index (χ0) is 13.7. The Hall–Kier alpha value is -0.930. The molecule has 19 heavy (non-hydrogen) atoms. The summed E-state index contributed by atoms with van der Waals surface area (Å²) in [5.41, 5.74) is 8.17. The minimum atomic E-state index is 0. The van der Waals surface area contributed by atoms with E-state index >= 15 is 0 Å². The van der Waals surface area contributed by atoms with Gasteiger partial charge in [0.2, 0.25) is 0 Å². The predicted molar refractivity (Wildman–Crippen MR) is 82.9 cm³/mol. The van der Waals surface area contributed by atoms with Crippen molar-refractivity contribution in [2.75, 3.05) is 14.2 Å². The summed E-state index contributed by atoms with van der Waals surface area (Å²) in [6, 6.07) is 4.26. The molecule has 4 heteroatoms. The molecule has 0 saturated heterocycles. The van der Waals surface area contributed by atoms with Crippen LogP contribution in [-0.2, 0) is 6.42 Å². The van der Waals surface area contributed by atoms with Gasteiger partial charge in [-0.05, 0) is 43.4 Å². The normalized spacial score (nSPS) is 13.4. The highest BCUT2D eigenvalue weighted by Gasteiger charge is 2.15. The molecule has 0 saturated carbocycles. The number of ether oxygens (including phenoxy) is 2. The van der Waals surface area contributed by atoms with Crippen LogP contribution in [0.1, 0.15) is 44.2 Å². The second-order valence-electron chi connectivity index (χ2n) is 4.90. The molecule has 1 aromatic carbocycles. The molecule has 1 rings (SSSR count).